The predicted octanol–water partition coefficient (Wildman–Crippen LogP) is 5.85. The quantitative estimate of drug-likeness (QED) is 0.170. The van der Waals surface area contributed by atoms with Crippen LogP contribution in [0.3, 0.4) is 0 Å². The summed E-state index contributed by atoms with van der Waals surface area (Å²) in [5, 5.41) is 0. The van der Waals surface area contributed by atoms with Gasteiger partial charge in [0.15, 0.2) is 0 Å². The minimum absolute atomic E-state index is 0. The zero-order chi connectivity index (χ0) is 18.3. The number of rotatable bonds is 22. The molecule has 0 fully saturated rings. The maximum Gasteiger partial charge on any atom is 1.00 e. The molecule has 1 nitrogen and oxygen atoms in total. The maximum atomic E-state index is 5.78. The SMILES string of the molecule is CCCCCCCCCCCCOCCCCCCCCCCCC.[Na+]. The molecular weight excluding hydrogens is 327 g/mol. The molecule has 0 heterocycles. The molecule has 0 aromatic carbocycles. The Kier molecular flexibility index (Phi) is 31.6. The Bertz CT molecular complexity index is 198. The van der Waals surface area contributed by atoms with Crippen molar-refractivity contribution in [3.05, 3.63) is 0 Å². The summed E-state index contributed by atoms with van der Waals surface area (Å²) < 4.78 is 5.78. The van der Waals surface area contributed by atoms with Crippen LogP contribution in [0.1, 0.15) is 142 Å². The third-order valence-corrected chi connectivity index (χ3v) is 5.28. The molecule has 2 heteroatoms. The standard InChI is InChI=1S/C24H50O.Na/c1-3-5-7-9-11-13-15-17-19-21-23-25-24-22-20-18-16-14-12-10-8-6-4-2;/h3-24H2,1-2H3;/q;+1. The third-order valence-electron chi connectivity index (χ3n) is 5.28. The second-order valence-electron chi connectivity index (χ2n) is 7.98. The van der Waals surface area contributed by atoms with Crippen LogP contribution in [0.15, 0.2) is 0 Å². The average Bonchev–Trinajstić information content (AvgIpc) is 2.63. The fraction of sp³-hybridized carbons (Fsp3) is 1.00. The molecule has 0 aliphatic heterocycles. The van der Waals surface area contributed by atoms with Crippen LogP contribution in [0.4, 0.5) is 0 Å². The van der Waals surface area contributed by atoms with Crippen LogP contribution in [0, 0.1) is 0 Å². The zero-order valence-corrected chi connectivity index (χ0v) is 21.0. The summed E-state index contributed by atoms with van der Waals surface area (Å²) in [4.78, 5) is 0. The van der Waals surface area contributed by atoms with E-state index in [1.807, 2.05) is 0 Å². The Labute approximate surface area is 189 Å². The Morgan fingerprint density at radius 2 is 0.577 bits per heavy atom. The number of hydrogen-bond acceptors (Lipinski definition) is 1. The van der Waals surface area contributed by atoms with Crippen molar-refractivity contribution in [2.45, 2.75) is 142 Å². The summed E-state index contributed by atoms with van der Waals surface area (Å²) in [6, 6.07) is 0. The molecule has 0 spiro atoms. The van der Waals surface area contributed by atoms with Gasteiger partial charge in [0.25, 0.3) is 0 Å². The molecule has 0 aliphatic carbocycles. The molecule has 26 heavy (non-hydrogen) atoms. The van der Waals surface area contributed by atoms with Gasteiger partial charge in [-0.3, -0.25) is 0 Å². The fourth-order valence-electron chi connectivity index (χ4n) is 3.49. The predicted molar refractivity (Wildman–Crippen MR) is 115 cm³/mol. The summed E-state index contributed by atoms with van der Waals surface area (Å²) in [6.07, 6.45) is 28.2. The Morgan fingerprint density at radius 1 is 0.346 bits per heavy atom. The van der Waals surface area contributed by atoms with Gasteiger partial charge < -0.3 is 4.74 Å². The normalized spacial score (nSPS) is 10.8. The van der Waals surface area contributed by atoms with Crippen LogP contribution < -0.4 is 29.6 Å². The van der Waals surface area contributed by atoms with E-state index in [-0.39, 0.29) is 29.6 Å². The van der Waals surface area contributed by atoms with Gasteiger partial charge in [-0.2, -0.15) is 0 Å². The number of ether oxygens (including phenoxy) is 1. The van der Waals surface area contributed by atoms with Crippen LogP contribution >= 0.6 is 0 Å². The molecule has 0 atom stereocenters. The van der Waals surface area contributed by atoms with E-state index >= 15 is 0 Å². The van der Waals surface area contributed by atoms with E-state index in [1.54, 1.807) is 0 Å². The van der Waals surface area contributed by atoms with Crippen molar-refractivity contribution in [1.29, 1.82) is 0 Å². The van der Waals surface area contributed by atoms with Crippen molar-refractivity contribution in [3.63, 3.8) is 0 Å². The van der Waals surface area contributed by atoms with Crippen molar-refractivity contribution in [1.82, 2.24) is 0 Å². The van der Waals surface area contributed by atoms with E-state index in [4.69, 9.17) is 4.74 Å². The number of unbranched alkanes of at least 4 members (excludes halogenated alkanes) is 18. The first-order valence-electron chi connectivity index (χ1n) is 12.0. The second kappa shape index (κ2) is 28.2. The van der Waals surface area contributed by atoms with Crippen molar-refractivity contribution < 1.29 is 34.3 Å². The van der Waals surface area contributed by atoms with Crippen molar-refractivity contribution in [2.75, 3.05) is 13.2 Å². The van der Waals surface area contributed by atoms with Crippen molar-refractivity contribution in [3.8, 4) is 0 Å². The molecule has 0 radical (unpaired) electrons. The summed E-state index contributed by atoms with van der Waals surface area (Å²) in [6.45, 7) is 6.57. The molecule has 0 aliphatic rings. The molecule has 0 saturated heterocycles. The van der Waals surface area contributed by atoms with E-state index in [0.717, 1.165) is 13.2 Å². The molecule has 0 aromatic rings. The van der Waals surface area contributed by atoms with Crippen LogP contribution in [-0.4, -0.2) is 13.2 Å². The summed E-state index contributed by atoms with van der Waals surface area (Å²) in [5.41, 5.74) is 0. The first kappa shape index (κ1) is 29.2. The van der Waals surface area contributed by atoms with Gasteiger partial charge in [0.05, 0.1) is 0 Å². The van der Waals surface area contributed by atoms with Crippen LogP contribution in [0.2, 0.25) is 0 Å². The fourth-order valence-corrected chi connectivity index (χ4v) is 3.49. The largest absolute Gasteiger partial charge is 1.00 e. The Balaban J connectivity index is 0. The number of hydrogen-bond donors (Lipinski definition) is 0. The van der Waals surface area contributed by atoms with Gasteiger partial charge in [-0.15, -0.1) is 0 Å². The van der Waals surface area contributed by atoms with E-state index in [2.05, 4.69) is 13.8 Å². The smallest absolute Gasteiger partial charge is 0.381 e. The van der Waals surface area contributed by atoms with Crippen molar-refractivity contribution >= 4 is 0 Å². The third kappa shape index (κ3) is 27.2. The summed E-state index contributed by atoms with van der Waals surface area (Å²) in [7, 11) is 0. The van der Waals surface area contributed by atoms with Gasteiger partial charge in [-0.05, 0) is 12.8 Å². The minimum Gasteiger partial charge on any atom is -0.381 e. The minimum atomic E-state index is 0. The zero-order valence-electron chi connectivity index (χ0n) is 19.0. The van der Waals surface area contributed by atoms with Gasteiger partial charge in [0.2, 0.25) is 0 Å². The molecule has 0 aromatic heterocycles. The molecule has 0 unspecified atom stereocenters. The van der Waals surface area contributed by atoms with E-state index < -0.39 is 0 Å². The van der Waals surface area contributed by atoms with E-state index in [0.29, 0.717) is 0 Å². The molecule has 0 saturated carbocycles. The van der Waals surface area contributed by atoms with Crippen LogP contribution in [0.5, 0.6) is 0 Å². The van der Waals surface area contributed by atoms with Crippen LogP contribution in [-0.2, 0) is 4.74 Å². The second-order valence-corrected chi connectivity index (χ2v) is 7.98. The first-order valence-corrected chi connectivity index (χ1v) is 12.0. The van der Waals surface area contributed by atoms with Gasteiger partial charge in [0.1, 0.15) is 0 Å². The van der Waals surface area contributed by atoms with Gasteiger partial charge in [-0.1, -0.05) is 129 Å². The van der Waals surface area contributed by atoms with Gasteiger partial charge in [0, 0.05) is 13.2 Å². The molecule has 0 bridgehead atoms. The van der Waals surface area contributed by atoms with E-state index in [1.165, 1.54) is 128 Å². The molecule has 0 N–H and O–H groups in total. The van der Waals surface area contributed by atoms with Gasteiger partial charge in [-0.25, -0.2) is 0 Å². The topological polar surface area (TPSA) is 9.23 Å². The first-order chi connectivity index (χ1) is 12.4. The monoisotopic (exact) mass is 377 g/mol. The summed E-state index contributed by atoms with van der Waals surface area (Å²) in [5.74, 6) is 0. The Hall–Kier alpha value is 0.960. The molecule has 0 amide bonds. The van der Waals surface area contributed by atoms with Crippen molar-refractivity contribution in [2.24, 2.45) is 0 Å². The molecular formula is C24H50NaO+. The molecule has 152 valence electrons. The average molecular weight is 378 g/mol. The summed E-state index contributed by atoms with van der Waals surface area (Å²) >= 11 is 0. The molecule has 0 rings (SSSR count). The van der Waals surface area contributed by atoms with Crippen LogP contribution in [0.25, 0.3) is 0 Å². The van der Waals surface area contributed by atoms with E-state index in [9.17, 15) is 0 Å². The Morgan fingerprint density at radius 3 is 0.846 bits per heavy atom. The van der Waals surface area contributed by atoms with Gasteiger partial charge >= 0.3 is 29.6 Å². The maximum absolute atomic E-state index is 5.78.